The maximum Gasteiger partial charge on any atom is 0.116 e. The molecule has 0 atom stereocenters. The Bertz CT molecular complexity index is 46.1. The van der Waals surface area contributed by atoms with E-state index in [2.05, 4.69) is 6.58 Å². The van der Waals surface area contributed by atoms with Crippen molar-refractivity contribution in [2.24, 2.45) is 0 Å². The van der Waals surface area contributed by atoms with Gasteiger partial charge in [-0.05, 0) is 27.7 Å². The van der Waals surface area contributed by atoms with Crippen LogP contribution in [0.1, 0.15) is 35.1 Å². The first-order valence-corrected chi connectivity index (χ1v) is 3.85. The summed E-state index contributed by atoms with van der Waals surface area (Å²) in [5, 5.41) is 15.1. The third-order valence-electron chi connectivity index (χ3n) is 0. The van der Waals surface area contributed by atoms with Crippen LogP contribution in [0.5, 0.6) is 0 Å². The monoisotopic (exact) mass is 194 g/mol. The van der Waals surface area contributed by atoms with Crippen LogP contribution in [0.3, 0.4) is 0 Å². The molecule has 0 aromatic heterocycles. The van der Waals surface area contributed by atoms with Crippen molar-refractivity contribution in [1.29, 1.82) is 0 Å². The first kappa shape index (κ1) is 29.5. The largest absolute Gasteiger partial charge is 0.397 e. The van der Waals surface area contributed by atoms with E-state index in [9.17, 15) is 0 Å². The molecule has 0 radical (unpaired) electrons. The molecule has 0 unspecified atom stereocenters. The van der Waals surface area contributed by atoms with Crippen LogP contribution in [-0.2, 0) is 4.79 Å². The minimum Gasteiger partial charge on any atom is -0.397 e. The van der Waals surface area contributed by atoms with Gasteiger partial charge < -0.3 is 15.0 Å². The van der Waals surface area contributed by atoms with Gasteiger partial charge in [-0.1, -0.05) is 13.5 Å². The van der Waals surface area contributed by atoms with Crippen LogP contribution in [0.15, 0.2) is 12.7 Å². The molecule has 0 aromatic rings. The summed E-state index contributed by atoms with van der Waals surface area (Å²) < 4.78 is 0. The molecule has 84 valence electrons. The average molecular weight is 194 g/mol. The summed E-state index contributed by atoms with van der Waals surface area (Å²) in [5.41, 5.74) is 0. The summed E-state index contributed by atoms with van der Waals surface area (Å²) in [4.78, 5) is 8.81. The number of aliphatic hydroxyl groups is 2. The lowest BCUT2D eigenvalue weighted by Crippen LogP contribution is -1.57. The topological polar surface area (TPSA) is 57.5 Å². The molecule has 2 N–H and O–H groups in total. The van der Waals surface area contributed by atoms with Gasteiger partial charge in [-0.3, -0.25) is 0 Å². The van der Waals surface area contributed by atoms with Crippen molar-refractivity contribution < 1.29 is 15.0 Å². The minimum absolute atomic E-state index is 0. The SMILES string of the molecule is C.C=CC.CC=O.CCO.CCO. The Labute approximate surface area is 83.1 Å². The number of hydrogen-bond donors (Lipinski definition) is 2. The number of rotatable bonds is 0. The van der Waals surface area contributed by atoms with Crippen molar-refractivity contribution in [3.8, 4) is 0 Å². The molecule has 0 bridgehead atoms. The van der Waals surface area contributed by atoms with Crippen molar-refractivity contribution in [2.45, 2.75) is 35.1 Å². The zero-order valence-electron chi connectivity index (χ0n) is 8.58. The second kappa shape index (κ2) is 109. The van der Waals surface area contributed by atoms with Crippen molar-refractivity contribution in [2.75, 3.05) is 13.2 Å². The summed E-state index contributed by atoms with van der Waals surface area (Å²) >= 11 is 0. The molecule has 3 heteroatoms. The molecular formula is C10H26O3. The van der Waals surface area contributed by atoms with E-state index in [1.165, 1.54) is 6.92 Å². The molecule has 13 heavy (non-hydrogen) atoms. The molecule has 0 spiro atoms. The molecule has 0 aliphatic rings. The fourth-order valence-electron chi connectivity index (χ4n) is 0. The zero-order valence-corrected chi connectivity index (χ0v) is 8.58. The molecule has 0 aromatic carbocycles. The van der Waals surface area contributed by atoms with Gasteiger partial charge in [-0.2, -0.15) is 0 Å². The summed E-state index contributed by atoms with van der Waals surface area (Å²) in [7, 11) is 0. The first-order chi connectivity index (χ1) is 5.66. The van der Waals surface area contributed by atoms with Gasteiger partial charge in [0, 0.05) is 13.2 Å². The molecule has 0 saturated heterocycles. The zero-order chi connectivity index (χ0) is 10.8. The Morgan fingerprint density at radius 3 is 1.15 bits per heavy atom. The first-order valence-electron chi connectivity index (χ1n) is 3.85. The second-order valence-corrected chi connectivity index (χ2v) is 1.28. The van der Waals surface area contributed by atoms with Crippen LogP contribution in [0.4, 0.5) is 0 Å². The van der Waals surface area contributed by atoms with Crippen molar-refractivity contribution in [3.63, 3.8) is 0 Å². The van der Waals surface area contributed by atoms with Gasteiger partial charge in [0.1, 0.15) is 6.29 Å². The third kappa shape index (κ3) is 2200. The van der Waals surface area contributed by atoms with Gasteiger partial charge in [0.25, 0.3) is 0 Å². The number of aliphatic hydroxyl groups excluding tert-OH is 2. The predicted octanol–water partition coefficient (Wildman–Crippen LogP) is 2.03. The van der Waals surface area contributed by atoms with Gasteiger partial charge in [0.2, 0.25) is 0 Å². The lowest BCUT2D eigenvalue weighted by molar-refractivity contribution is -0.106. The average Bonchev–Trinajstić information content (AvgIpc) is 1.92. The summed E-state index contributed by atoms with van der Waals surface area (Å²) in [5.74, 6) is 0. The Morgan fingerprint density at radius 2 is 1.15 bits per heavy atom. The standard InChI is InChI=1S/C3H6.2C2H6O.C2H4O.CH4/c1-3-2;3*1-2-3;/h3H,1H2,2H3;2*3H,2H2,1H3;2H,1H3;1H4. The maximum atomic E-state index is 8.81. The van der Waals surface area contributed by atoms with E-state index < -0.39 is 0 Å². The Morgan fingerprint density at radius 1 is 1.15 bits per heavy atom. The van der Waals surface area contributed by atoms with Crippen LogP contribution >= 0.6 is 0 Å². The molecule has 0 aliphatic carbocycles. The van der Waals surface area contributed by atoms with Gasteiger partial charge in [-0.25, -0.2) is 0 Å². The number of carbonyl (C=O) groups is 1. The fourth-order valence-corrected chi connectivity index (χ4v) is 0. The van der Waals surface area contributed by atoms with Crippen LogP contribution in [0.2, 0.25) is 0 Å². The highest BCUT2D eigenvalue weighted by atomic mass is 16.3. The molecule has 0 amide bonds. The lowest BCUT2D eigenvalue weighted by atomic mass is 10.8. The number of hydrogen-bond acceptors (Lipinski definition) is 3. The Hall–Kier alpha value is -0.670. The van der Waals surface area contributed by atoms with Crippen LogP contribution < -0.4 is 0 Å². The second-order valence-electron chi connectivity index (χ2n) is 1.28. The molecule has 0 heterocycles. The minimum atomic E-state index is 0. The number of carbonyl (C=O) groups excluding carboxylic acids is 1. The molecule has 0 aliphatic heterocycles. The van der Waals surface area contributed by atoms with Crippen LogP contribution in [-0.4, -0.2) is 29.7 Å². The molecule has 0 saturated carbocycles. The summed E-state index contributed by atoms with van der Waals surface area (Å²) in [6.07, 6.45) is 2.50. The van der Waals surface area contributed by atoms with Gasteiger partial charge in [-0.15, -0.1) is 6.58 Å². The maximum absolute atomic E-state index is 8.81. The lowest BCUT2D eigenvalue weighted by Gasteiger charge is -1.52. The highest BCUT2D eigenvalue weighted by Crippen LogP contribution is 1.38. The molecule has 3 nitrogen and oxygen atoms in total. The van der Waals surface area contributed by atoms with Crippen LogP contribution in [0.25, 0.3) is 0 Å². The molecule has 0 rings (SSSR count). The fraction of sp³-hybridized carbons (Fsp3) is 0.700. The number of aldehydes is 1. The van der Waals surface area contributed by atoms with E-state index in [1.54, 1.807) is 19.9 Å². The molecule has 0 fully saturated rings. The van der Waals surface area contributed by atoms with Gasteiger partial charge >= 0.3 is 0 Å². The highest BCUT2D eigenvalue weighted by Gasteiger charge is 1.34. The van der Waals surface area contributed by atoms with Crippen LogP contribution in [0, 0.1) is 0 Å². The Balaban J connectivity index is -0.0000000213. The van der Waals surface area contributed by atoms with Gasteiger partial charge in [0.15, 0.2) is 0 Å². The smallest absolute Gasteiger partial charge is 0.116 e. The normalized spacial score (nSPS) is 4.77. The van der Waals surface area contributed by atoms with E-state index in [1.807, 2.05) is 6.92 Å². The predicted molar refractivity (Wildman–Crippen MR) is 59.9 cm³/mol. The van der Waals surface area contributed by atoms with E-state index in [4.69, 9.17) is 15.0 Å². The Kier molecular flexibility index (Phi) is 247. The molecular weight excluding hydrogens is 168 g/mol. The quantitative estimate of drug-likeness (QED) is 0.458. The van der Waals surface area contributed by atoms with E-state index in [0.29, 0.717) is 0 Å². The van der Waals surface area contributed by atoms with Crippen molar-refractivity contribution >= 4 is 6.29 Å². The highest BCUT2D eigenvalue weighted by molar-refractivity contribution is 5.44. The van der Waals surface area contributed by atoms with Gasteiger partial charge in [0.05, 0.1) is 0 Å². The number of allylic oxidation sites excluding steroid dienone is 1. The van der Waals surface area contributed by atoms with Crippen molar-refractivity contribution in [1.82, 2.24) is 0 Å². The van der Waals surface area contributed by atoms with E-state index >= 15 is 0 Å². The summed E-state index contributed by atoms with van der Waals surface area (Å²) in [6.45, 7) is 10.6. The van der Waals surface area contributed by atoms with E-state index in [0.717, 1.165) is 6.29 Å². The van der Waals surface area contributed by atoms with E-state index in [-0.39, 0.29) is 20.6 Å². The third-order valence-corrected chi connectivity index (χ3v) is 0. The summed E-state index contributed by atoms with van der Waals surface area (Å²) in [6, 6.07) is 0. The van der Waals surface area contributed by atoms with Crippen molar-refractivity contribution in [3.05, 3.63) is 12.7 Å².